The summed E-state index contributed by atoms with van der Waals surface area (Å²) in [5.41, 5.74) is 1.58. The number of piperazine rings is 1. The van der Waals surface area contributed by atoms with Crippen molar-refractivity contribution in [3.8, 4) is 0 Å². The van der Waals surface area contributed by atoms with Gasteiger partial charge in [-0.3, -0.25) is 4.79 Å². The molecular weight excluding hydrogens is 399 g/mol. The number of hydrogen-bond donors (Lipinski definition) is 1. The van der Waals surface area contributed by atoms with Gasteiger partial charge in [0, 0.05) is 43.6 Å². The van der Waals surface area contributed by atoms with Gasteiger partial charge in [0.1, 0.15) is 5.82 Å². The van der Waals surface area contributed by atoms with Crippen LogP contribution in [-0.4, -0.2) is 63.1 Å². The number of nitrogens with one attached hydrogen (secondary N) is 1. The first-order valence-electron chi connectivity index (χ1n) is 9.44. The van der Waals surface area contributed by atoms with Crippen molar-refractivity contribution >= 4 is 23.2 Å². The maximum absolute atomic E-state index is 12.9. The van der Waals surface area contributed by atoms with E-state index in [2.05, 4.69) is 25.3 Å². The molecule has 1 aromatic carbocycles. The van der Waals surface area contributed by atoms with Crippen molar-refractivity contribution in [3.63, 3.8) is 0 Å². The minimum atomic E-state index is -4.67. The molecule has 0 bridgehead atoms. The van der Waals surface area contributed by atoms with Crippen LogP contribution in [0.25, 0.3) is 5.78 Å². The fourth-order valence-corrected chi connectivity index (χ4v) is 3.36. The molecular formula is C19H20F3N7O. The Morgan fingerprint density at radius 3 is 2.47 bits per heavy atom. The summed E-state index contributed by atoms with van der Waals surface area (Å²) in [6, 6.07) is 11.5. The quantitative estimate of drug-likeness (QED) is 0.699. The van der Waals surface area contributed by atoms with Gasteiger partial charge in [-0.05, 0) is 19.1 Å². The second-order valence-electron chi connectivity index (χ2n) is 6.98. The Morgan fingerprint density at radius 2 is 1.80 bits per heavy atom. The second-order valence-corrected chi connectivity index (χ2v) is 6.98. The van der Waals surface area contributed by atoms with Crippen LogP contribution in [0.5, 0.6) is 0 Å². The van der Waals surface area contributed by atoms with Gasteiger partial charge in [-0.2, -0.15) is 22.7 Å². The van der Waals surface area contributed by atoms with E-state index in [0.717, 1.165) is 10.2 Å². The number of aryl methyl sites for hydroxylation is 1. The number of hydrogen-bond acceptors (Lipinski definition) is 6. The molecule has 0 unspecified atom stereocenters. The molecule has 0 atom stereocenters. The number of halogens is 3. The minimum Gasteiger partial charge on any atom is -0.368 e. The highest BCUT2D eigenvalue weighted by Crippen LogP contribution is 2.27. The molecule has 2 aromatic heterocycles. The number of fused-ring (bicyclic) bond motifs is 1. The predicted octanol–water partition coefficient (Wildman–Crippen LogP) is 2.21. The van der Waals surface area contributed by atoms with Crippen molar-refractivity contribution in [2.75, 3.05) is 42.9 Å². The summed E-state index contributed by atoms with van der Waals surface area (Å²) in [6.07, 6.45) is -4.67. The lowest BCUT2D eigenvalue weighted by atomic mass is 10.2. The normalized spacial score (nSPS) is 14.9. The Kier molecular flexibility index (Phi) is 5.18. The van der Waals surface area contributed by atoms with Gasteiger partial charge in [0.25, 0.3) is 11.6 Å². The number of carbonyl (C=O) groups is 1. The number of rotatable bonds is 4. The molecule has 8 nitrogen and oxygen atoms in total. The largest absolute Gasteiger partial charge is 0.453 e. The molecule has 0 saturated carbocycles. The van der Waals surface area contributed by atoms with Crippen LogP contribution in [0.3, 0.4) is 0 Å². The van der Waals surface area contributed by atoms with Gasteiger partial charge in [-0.1, -0.05) is 18.2 Å². The van der Waals surface area contributed by atoms with E-state index in [9.17, 15) is 18.0 Å². The minimum absolute atomic E-state index is 0.0644. The maximum Gasteiger partial charge on any atom is 0.453 e. The van der Waals surface area contributed by atoms with Crippen molar-refractivity contribution in [1.29, 1.82) is 0 Å². The van der Waals surface area contributed by atoms with Gasteiger partial charge in [-0.15, -0.1) is 5.10 Å². The summed E-state index contributed by atoms with van der Waals surface area (Å²) in [5.74, 6) is -1.35. The maximum atomic E-state index is 12.9. The van der Waals surface area contributed by atoms with E-state index in [-0.39, 0.29) is 24.0 Å². The fourth-order valence-electron chi connectivity index (χ4n) is 3.36. The fraction of sp³-hybridized carbons (Fsp3) is 0.368. The lowest BCUT2D eigenvalue weighted by Crippen LogP contribution is -2.50. The topological polar surface area (TPSA) is 78.7 Å². The third kappa shape index (κ3) is 4.14. The Bertz CT molecular complexity index is 1040. The van der Waals surface area contributed by atoms with Crippen molar-refractivity contribution in [3.05, 3.63) is 47.9 Å². The van der Waals surface area contributed by atoms with Crippen molar-refractivity contribution < 1.29 is 18.0 Å². The summed E-state index contributed by atoms with van der Waals surface area (Å²) >= 11 is 0. The number of benzene rings is 1. The van der Waals surface area contributed by atoms with E-state index in [0.29, 0.717) is 31.9 Å². The number of carbonyl (C=O) groups excluding carboxylic acids is 1. The van der Waals surface area contributed by atoms with Gasteiger partial charge in [0.05, 0.1) is 6.54 Å². The summed E-state index contributed by atoms with van der Waals surface area (Å²) in [5, 5.41) is 6.36. The molecule has 1 amide bonds. The number of para-hydroxylation sites is 1. The van der Waals surface area contributed by atoms with Crippen molar-refractivity contribution in [2.45, 2.75) is 13.1 Å². The summed E-state index contributed by atoms with van der Waals surface area (Å²) in [6.45, 7) is 4.14. The Balaban J connectivity index is 1.41. The smallest absolute Gasteiger partial charge is 0.368 e. The molecule has 1 fully saturated rings. The zero-order valence-corrected chi connectivity index (χ0v) is 16.2. The molecule has 1 aliphatic heterocycles. The van der Waals surface area contributed by atoms with E-state index in [4.69, 9.17) is 0 Å². The van der Waals surface area contributed by atoms with E-state index in [1.54, 1.807) is 11.8 Å². The van der Waals surface area contributed by atoms with Crippen molar-refractivity contribution in [2.24, 2.45) is 0 Å². The third-order valence-corrected chi connectivity index (χ3v) is 4.87. The molecule has 11 heteroatoms. The molecule has 30 heavy (non-hydrogen) atoms. The molecule has 1 saturated heterocycles. The highest BCUT2D eigenvalue weighted by molar-refractivity contribution is 5.81. The van der Waals surface area contributed by atoms with Crippen LogP contribution in [0.4, 0.5) is 24.7 Å². The van der Waals surface area contributed by atoms with Gasteiger partial charge in [-0.25, -0.2) is 4.98 Å². The van der Waals surface area contributed by atoms with Crippen LogP contribution < -0.4 is 10.2 Å². The van der Waals surface area contributed by atoms with Gasteiger partial charge >= 0.3 is 6.18 Å². The Hall–Kier alpha value is -3.37. The first kappa shape index (κ1) is 19.9. The number of anilines is 2. The Morgan fingerprint density at radius 1 is 1.10 bits per heavy atom. The monoisotopic (exact) mass is 419 g/mol. The lowest BCUT2D eigenvalue weighted by Gasteiger charge is -2.36. The second kappa shape index (κ2) is 7.81. The van der Waals surface area contributed by atoms with Gasteiger partial charge < -0.3 is 15.1 Å². The number of nitrogens with zero attached hydrogens (tertiary/aromatic N) is 6. The van der Waals surface area contributed by atoms with Gasteiger partial charge in [0.2, 0.25) is 5.91 Å². The van der Waals surface area contributed by atoms with Crippen LogP contribution in [-0.2, 0) is 11.0 Å². The molecule has 3 heterocycles. The molecule has 0 radical (unpaired) electrons. The van der Waals surface area contributed by atoms with E-state index < -0.39 is 12.0 Å². The molecule has 158 valence electrons. The molecule has 1 aliphatic rings. The van der Waals surface area contributed by atoms with E-state index in [1.807, 2.05) is 30.3 Å². The first-order chi connectivity index (χ1) is 14.3. The Labute approximate surface area is 170 Å². The highest BCUT2D eigenvalue weighted by Gasteiger charge is 2.37. The molecule has 1 N–H and O–H groups in total. The third-order valence-electron chi connectivity index (χ3n) is 4.87. The SMILES string of the molecule is Cc1cc(NCC(=O)N2CCN(c3ccccc3)CC2)n2nc(C(F)(F)F)nc2n1. The van der Waals surface area contributed by atoms with Gasteiger partial charge in [0.15, 0.2) is 0 Å². The molecule has 0 spiro atoms. The van der Waals surface area contributed by atoms with Crippen LogP contribution in [0.1, 0.15) is 11.5 Å². The molecule has 3 aromatic rings. The van der Waals surface area contributed by atoms with E-state index >= 15 is 0 Å². The zero-order chi connectivity index (χ0) is 21.3. The first-order valence-corrected chi connectivity index (χ1v) is 9.44. The van der Waals surface area contributed by atoms with E-state index in [1.165, 1.54) is 6.07 Å². The summed E-state index contributed by atoms with van der Waals surface area (Å²) in [7, 11) is 0. The van der Waals surface area contributed by atoms with Crippen molar-refractivity contribution in [1.82, 2.24) is 24.5 Å². The predicted molar refractivity (Wildman–Crippen MR) is 104 cm³/mol. The number of alkyl halides is 3. The molecule has 4 rings (SSSR count). The number of aromatic nitrogens is 4. The highest BCUT2D eigenvalue weighted by atomic mass is 19.4. The lowest BCUT2D eigenvalue weighted by molar-refractivity contribution is -0.144. The summed E-state index contributed by atoms with van der Waals surface area (Å²) in [4.78, 5) is 24.0. The van der Waals surface area contributed by atoms with Crippen LogP contribution >= 0.6 is 0 Å². The zero-order valence-electron chi connectivity index (χ0n) is 16.2. The van der Waals surface area contributed by atoms with Crippen LogP contribution in [0.15, 0.2) is 36.4 Å². The summed E-state index contributed by atoms with van der Waals surface area (Å²) < 4.78 is 39.7. The standard InChI is InChI=1S/C19H20F3N7O/c1-13-11-15(29-18(24-13)25-17(26-29)19(20,21)22)23-12-16(30)28-9-7-27(8-10-28)14-5-3-2-4-6-14/h2-6,11,23H,7-10,12H2,1H3. The van der Waals surface area contributed by atoms with Crippen LogP contribution in [0.2, 0.25) is 0 Å². The van der Waals surface area contributed by atoms with Crippen LogP contribution in [0, 0.1) is 6.92 Å². The average Bonchev–Trinajstić information content (AvgIpc) is 3.17. The number of amides is 1. The molecule has 0 aliphatic carbocycles. The average molecular weight is 419 g/mol.